The third-order valence-corrected chi connectivity index (χ3v) is 30.3. The molecule has 0 amide bonds. The van der Waals surface area contributed by atoms with Crippen LogP contribution in [0.1, 0.15) is 27.8 Å². The number of furan rings is 2. The van der Waals surface area contributed by atoms with E-state index in [1.54, 1.807) is 0 Å². The topological polar surface area (TPSA) is 175 Å². The Balaban J connectivity index is 0.000000106. The summed E-state index contributed by atoms with van der Waals surface area (Å²) in [7, 11) is 0. The van der Waals surface area contributed by atoms with Crippen molar-refractivity contribution in [3.05, 3.63) is 471 Å². The quantitative estimate of drug-likeness (QED) is 0.138. The van der Waals surface area contributed by atoms with Crippen molar-refractivity contribution in [1.29, 1.82) is 26.3 Å². The smallest absolute Gasteiger partial charge is 0.145 e. The van der Waals surface area contributed by atoms with Crippen LogP contribution in [0.25, 0.3) is 262 Å². The van der Waals surface area contributed by atoms with Gasteiger partial charge in [0.25, 0.3) is 0 Å². The van der Waals surface area contributed by atoms with Crippen molar-refractivity contribution in [2.45, 2.75) is 0 Å². The Hall–Kier alpha value is -20.3. The van der Waals surface area contributed by atoms with E-state index >= 15 is 0 Å². The van der Waals surface area contributed by atoms with Crippen LogP contribution in [0, 0.1) is 56.7 Å². The molecule has 0 aliphatic heterocycles. The molecule has 0 radical (unpaired) electrons. The molecule has 0 atom stereocenters. The molecule has 0 fully saturated rings. The molecule has 145 heavy (non-hydrogen) atoms. The molecule has 9 heterocycles. The summed E-state index contributed by atoms with van der Waals surface area (Å²) in [5.41, 5.74) is 31.0. The number of benzene rings is 21. The van der Waals surface area contributed by atoms with E-state index in [1.807, 2.05) is 163 Å². The zero-order valence-electron chi connectivity index (χ0n) is 77.3. The van der Waals surface area contributed by atoms with Crippen LogP contribution in [0.2, 0.25) is 0 Å². The third kappa shape index (κ3) is 12.7. The summed E-state index contributed by atoms with van der Waals surface area (Å²) in [6, 6.07) is 165. The molecule has 30 rings (SSSR count). The molecule has 13 nitrogen and oxygen atoms in total. The Morgan fingerprint density at radius 3 is 1.09 bits per heavy atom. The molecule has 0 unspecified atom stereocenters. The second kappa shape index (κ2) is 33.0. The normalized spacial score (nSPS) is 11.7. The third-order valence-electron chi connectivity index (χ3n) is 29.1. The maximum absolute atomic E-state index is 10.5. The lowest BCUT2D eigenvalue weighted by Gasteiger charge is -2.16. The van der Waals surface area contributed by atoms with E-state index in [1.165, 1.54) is 47.2 Å². The summed E-state index contributed by atoms with van der Waals surface area (Å²) in [4.78, 5) is 0. The summed E-state index contributed by atoms with van der Waals surface area (Å²) < 4.78 is 29.5. The fourth-order valence-electron chi connectivity index (χ4n) is 22.9. The maximum Gasteiger partial charge on any atom is 0.145 e. The minimum absolute atomic E-state index is 0.582. The molecule has 0 aliphatic carbocycles. The van der Waals surface area contributed by atoms with Gasteiger partial charge in [-0.05, 0) is 217 Å². The first-order valence-corrected chi connectivity index (χ1v) is 48.9. The van der Waals surface area contributed by atoms with E-state index in [-0.39, 0.29) is 0 Å². The van der Waals surface area contributed by atoms with Crippen LogP contribution in [-0.4, -0.2) is 27.4 Å². The molecule has 0 aliphatic rings. The van der Waals surface area contributed by atoms with Gasteiger partial charge in [0.05, 0.1) is 146 Å². The molecule has 0 saturated heterocycles. The van der Waals surface area contributed by atoms with Crippen molar-refractivity contribution in [2.75, 3.05) is 0 Å². The number of hydrogen-bond acceptors (Lipinski definition) is 8. The lowest BCUT2D eigenvalue weighted by Crippen LogP contribution is -2.01. The van der Waals surface area contributed by atoms with Gasteiger partial charge in [0.15, 0.2) is 0 Å². The summed E-state index contributed by atoms with van der Waals surface area (Å²) in [6.45, 7) is 0. The second-order valence-corrected chi connectivity index (χ2v) is 37.8. The Morgan fingerprint density at radius 2 is 0.579 bits per heavy atom. The van der Waals surface area contributed by atoms with Crippen molar-refractivity contribution < 1.29 is 8.83 Å². The maximum atomic E-state index is 10.5. The molecule has 0 bridgehead atoms. The molecule has 9 aromatic heterocycles. The number of hydrogen-bond donors (Lipinski definition) is 0. The Morgan fingerprint density at radius 1 is 0.207 bits per heavy atom. The zero-order chi connectivity index (χ0) is 96.3. The average Bonchev–Trinajstić information content (AvgIpc) is 1.56. The van der Waals surface area contributed by atoms with Crippen molar-refractivity contribution in [3.8, 4) is 97.9 Å². The highest BCUT2D eigenvalue weighted by Gasteiger charge is 2.29. The highest BCUT2D eigenvalue weighted by atomic mass is 32.1. The average molecular weight is 1870 g/mol. The van der Waals surface area contributed by atoms with E-state index in [0.29, 0.717) is 27.8 Å². The highest BCUT2D eigenvalue weighted by molar-refractivity contribution is 7.26. The monoisotopic (exact) mass is 1860 g/mol. The fourth-order valence-corrected chi connectivity index (χ4v) is 24.2. The van der Waals surface area contributed by atoms with Crippen LogP contribution in [-0.2, 0) is 0 Å². The molecule has 0 saturated carbocycles. The molecule has 30 aromatic rings. The van der Waals surface area contributed by atoms with E-state index in [0.717, 1.165) is 215 Å². The number of rotatable bonds is 9. The van der Waals surface area contributed by atoms with Crippen LogP contribution >= 0.6 is 11.3 Å². The van der Waals surface area contributed by atoms with Gasteiger partial charge < -0.3 is 36.2 Å². The van der Waals surface area contributed by atoms with Gasteiger partial charge in [0, 0.05) is 129 Å². The predicted octanol–water partition coefficient (Wildman–Crippen LogP) is 34.2. The van der Waals surface area contributed by atoms with Crippen molar-refractivity contribution >= 4 is 206 Å². The minimum atomic E-state index is 0.582. The summed E-state index contributed by atoms with van der Waals surface area (Å²) in [6.07, 6.45) is 0. The summed E-state index contributed by atoms with van der Waals surface area (Å²) >= 11 is 1.87. The first kappa shape index (κ1) is 82.9. The number of para-hydroxylation sites is 10. The standard InChI is InChI=1S/2C44H24N4O.C43H25N3S/c45-25-27-17-21-37-35(23-27)31-12-4-6-14-36(31)48(37)38-15-8-9-29(26-46)42(38)28-18-19-34-40(24-28)47(30-10-2-1-3-11-30)39-22-20-33-32-13-5-7-16-41(32)49-44(33)43(34)39;45-25-27-14-19-38(48-37-12-6-4-10-31(37)36-23-28(26-46)15-20-39(36)48)35(22-27)29-16-17-34-41(24-29)47(30-8-2-1-3-9-30)40-21-18-33-32-11-5-7-13-42(32)49-44(33)43(34)40;44-26-28-11-10-17-30(42(28)46-36-18-7-4-14-31(36)32-15-5-8-19-37(32)46)27-21-22-35-39(25-27)45(29-12-2-1-3-13-29)38-24-23-34-33-16-6-9-20-40(33)47-43(34)41(35)38/h2*1-24H;1-25H. The van der Waals surface area contributed by atoms with Crippen LogP contribution in [0.3, 0.4) is 0 Å². The van der Waals surface area contributed by atoms with Crippen molar-refractivity contribution in [3.63, 3.8) is 0 Å². The number of fused-ring (bicyclic) bond motifs is 30. The molecule has 0 N–H and O–H groups in total. The summed E-state index contributed by atoms with van der Waals surface area (Å²) in [5.74, 6) is 0. The van der Waals surface area contributed by atoms with Crippen molar-refractivity contribution in [2.24, 2.45) is 0 Å². The first-order valence-electron chi connectivity index (χ1n) is 48.0. The van der Waals surface area contributed by atoms with Crippen LogP contribution in [0.15, 0.2) is 452 Å². The molecule has 670 valence electrons. The number of nitriles is 5. The van der Waals surface area contributed by atoms with Crippen LogP contribution in [0.4, 0.5) is 0 Å². The van der Waals surface area contributed by atoms with E-state index in [2.05, 4.69) is 349 Å². The number of aromatic nitrogens is 6. The van der Waals surface area contributed by atoms with E-state index in [4.69, 9.17) is 8.83 Å². The van der Waals surface area contributed by atoms with Crippen molar-refractivity contribution in [1.82, 2.24) is 27.4 Å². The SMILES string of the molecule is N#Cc1ccc(-n2c3ccccc3c3cc(C#N)ccc32)c(-c2ccc3c4c5oc6ccccc6c5ccc4n(-c4ccccc4)c3c2)c1.N#Cc1ccc2c(c1)c1ccccc1n2-c1cccc(C#N)c1-c1ccc2c3c4oc5ccccc5c4ccc3n(-c3ccccc3)c2c1.N#Cc1cccc(-c2ccc3c4c5sc6ccccc6c5ccc4n(-c4ccccc4)c3c2)c1-n1c2ccccc2c2ccccc21. The Kier molecular flexibility index (Phi) is 18.8. The van der Waals surface area contributed by atoms with Gasteiger partial charge in [0.1, 0.15) is 28.4 Å². The van der Waals surface area contributed by atoms with E-state index in [9.17, 15) is 26.3 Å². The molecule has 21 aromatic carbocycles. The predicted molar refractivity (Wildman–Crippen MR) is 593 cm³/mol. The fraction of sp³-hybridized carbons (Fsp3) is 0. The first-order chi connectivity index (χ1) is 71.7. The molecular formula is C131H73N11O2S. The van der Waals surface area contributed by atoms with E-state index < -0.39 is 0 Å². The molecular weight excluding hydrogens is 1790 g/mol. The van der Waals surface area contributed by atoms with Gasteiger partial charge >= 0.3 is 0 Å². The number of thiophene rings is 1. The largest absolute Gasteiger partial charge is 0.455 e. The summed E-state index contributed by atoms with van der Waals surface area (Å²) in [5, 5.41) is 70.7. The van der Waals surface area contributed by atoms with Gasteiger partial charge in [0.2, 0.25) is 0 Å². The van der Waals surface area contributed by atoms with Crippen LogP contribution < -0.4 is 0 Å². The zero-order valence-corrected chi connectivity index (χ0v) is 78.1. The van der Waals surface area contributed by atoms with Gasteiger partial charge in [-0.3, -0.25) is 0 Å². The second-order valence-electron chi connectivity index (χ2n) is 36.7. The van der Waals surface area contributed by atoms with Gasteiger partial charge in [-0.25, -0.2) is 0 Å². The molecule has 0 spiro atoms. The Labute approximate surface area is 831 Å². The van der Waals surface area contributed by atoms with Gasteiger partial charge in [-0.15, -0.1) is 11.3 Å². The van der Waals surface area contributed by atoms with Gasteiger partial charge in [-0.2, -0.15) is 26.3 Å². The number of nitrogens with zero attached hydrogens (tertiary/aromatic N) is 11. The molecule has 14 heteroatoms. The van der Waals surface area contributed by atoms with Crippen LogP contribution in [0.5, 0.6) is 0 Å². The lowest BCUT2D eigenvalue weighted by molar-refractivity contribution is 0.672. The Bertz CT molecular complexity index is 11000. The highest BCUT2D eigenvalue weighted by Crippen LogP contribution is 2.51. The lowest BCUT2D eigenvalue weighted by atomic mass is 9.96. The minimum Gasteiger partial charge on any atom is -0.455 e. The van der Waals surface area contributed by atoms with Gasteiger partial charge in [-0.1, -0.05) is 243 Å².